The quantitative estimate of drug-likeness (QED) is 0.522. The van der Waals surface area contributed by atoms with E-state index >= 15 is 0 Å². The maximum absolute atomic E-state index is 5.72. The van der Waals surface area contributed by atoms with Gasteiger partial charge in [-0.2, -0.15) is 0 Å². The number of methoxy groups -OCH3 is 4. The Bertz CT molecular complexity index is 807. The summed E-state index contributed by atoms with van der Waals surface area (Å²) < 4.78 is 22.2. The number of piperidine rings is 1. The first-order chi connectivity index (χ1) is 15.6. The van der Waals surface area contributed by atoms with E-state index in [1.165, 1.54) is 31.5 Å². The summed E-state index contributed by atoms with van der Waals surface area (Å²) in [5, 5.41) is 0. The molecule has 176 valence electrons. The van der Waals surface area contributed by atoms with E-state index in [0.717, 1.165) is 54.6 Å². The maximum atomic E-state index is 5.72. The van der Waals surface area contributed by atoms with Crippen molar-refractivity contribution in [3.63, 3.8) is 0 Å². The van der Waals surface area contributed by atoms with E-state index in [-0.39, 0.29) is 0 Å². The molecule has 0 N–H and O–H groups in total. The van der Waals surface area contributed by atoms with E-state index < -0.39 is 0 Å². The predicted octanol–water partition coefficient (Wildman–Crippen LogP) is 4.11. The van der Waals surface area contributed by atoms with Gasteiger partial charge in [0.05, 0.1) is 34.0 Å². The molecule has 0 unspecified atom stereocenters. The number of nitrogens with zero attached hydrogens (tertiary/aromatic N) is 2. The van der Waals surface area contributed by atoms with Crippen LogP contribution in [0.5, 0.6) is 23.0 Å². The van der Waals surface area contributed by atoms with Gasteiger partial charge in [0.15, 0.2) is 0 Å². The fourth-order valence-corrected chi connectivity index (χ4v) is 4.38. The second kappa shape index (κ2) is 12.0. The molecule has 1 aliphatic rings. The minimum absolute atomic E-state index is 0.706. The molecule has 1 saturated heterocycles. The Morgan fingerprint density at radius 1 is 0.844 bits per heavy atom. The summed E-state index contributed by atoms with van der Waals surface area (Å²) in [4.78, 5) is 4.97. The lowest BCUT2D eigenvalue weighted by atomic mass is 9.96. The van der Waals surface area contributed by atoms with Gasteiger partial charge >= 0.3 is 0 Å². The molecule has 0 radical (unpaired) electrons. The van der Waals surface area contributed by atoms with Crippen LogP contribution in [0.3, 0.4) is 0 Å². The van der Waals surface area contributed by atoms with Crippen LogP contribution in [-0.2, 0) is 13.0 Å². The highest BCUT2D eigenvalue weighted by molar-refractivity contribution is 5.50. The second-order valence-electron chi connectivity index (χ2n) is 8.59. The largest absolute Gasteiger partial charge is 0.497 e. The summed E-state index contributed by atoms with van der Waals surface area (Å²) in [6, 6.07) is 12.3. The number of ether oxygens (including phenoxy) is 4. The lowest BCUT2D eigenvalue weighted by Gasteiger charge is -2.33. The standard InChI is InChI=1S/C26H38N2O4/c1-27-13-10-21(11-14-27)18-28(15-12-20-6-8-22(29-2)9-7-20)19-24-25(31-4)16-23(30-3)17-26(24)32-5/h6-9,16-17,21H,10-15,18-19H2,1-5H3. The van der Waals surface area contributed by atoms with Crippen molar-refractivity contribution in [3.05, 3.63) is 47.5 Å². The Labute approximate surface area is 193 Å². The summed E-state index contributed by atoms with van der Waals surface area (Å²) in [6.45, 7) is 5.16. The van der Waals surface area contributed by atoms with E-state index in [1.54, 1.807) is 28.4 Å². The van der Waals surface area contributed by atoms with Crippen molar-refractivity contribution in [2.75, 3.05) is 61.7 Å². The molecule has 2 aromatic rings. The summed E-state index contributed by atoms with van der Waals surface area (Å²) >= 11 is 0. The second-order valence-corrected chi connectivity index (χ2v) is 8.59. The van der Waals surface area contributed by atoms with E-state index in [1.807, 2.05) is 24.3 Å². The molecule has 6 nitrogen and oxygen atoms in total. The van der Waals surface area contributed by atoms with Gasteiger partial charge in [0.25, 0.3) is 0 Å². The van der Waals surface area contributed by atoms with Gasteiger partial charge in [-0.25, -0.2) is 0 Å². The van der Waals surface area contributed by atoms with Gasteiger partial charge in [-0.1, -0.05) is 12.1 Å². The van der Waals surface area contributed by atoms with E-state index in [0.29, 0.717) is 5.92 Å². The molecule has 0 amide bonds. The summed E-state index contributed by atoms with van der Waals surface area (Å²) in [5.74, 6) is 3.95. The molecule has 1 heterocycles. The minimum atomic E-state index is 0.706. The number of likely N-dealkylation sites (tertiary alicyclic amines) is 1. The van der Waals surface area contributed by atoms with E-state index in [9.17, 15) is 0 Å². The van der Waals surface area contributed by atoms with E-state index in [2.05, 4.69) is 29.0 Å². The molecule has 2 aromatic carbocycles. The first-order valence-electron chi connectivity index (χ1n) is 11.4. The van der Waals surface area contributed by atoms with Gasteiger partial charge in [-0.05, 0) is 63.0 Å². The first-order valence-corrected chi connectivity index (χ1v) is 11.4. The molecule has 1 aliphatic heterocycles. The predicted molar refractivity (Wildman–Crippen MR) is 128 cm³/mol. The zero-order valence-corrected chi connectivity index (χ0v) is 20.2. The minimum Gasteiger partial charge on any atom is -0.497 e. The van der Waals surface area contributed by atoms with Crippen molar-refractivity contribution in [2.45, 2.75) is 25.8 Å². The van der Waals surface area contributed by atoms with Crippen LogP contribution in [0.4, 0.5) is 0 Å². The van der Waals surface area contributed by atoms with Crippen LogP contribution in [0.15, 0.2) is 36.4 Å². The molecular weight excluding hydrogens is 404 g/mol. The van der Waals surface area contributed by atoms with Gasteiger partial charge in [0.1, 0.15) is 23.0 Å². The molecule has 0 bridgehead atoms. The van der Waals surface area contributed by atoms with Gasteiger partial charge in [-0.15, -0.1) is 0 Å². The number of benzene rings is 2. The fraction of sp³-hybridized carbons (Fsp3) is 0.538. The Kier molecular flexibility index (Phi) is 9.06. The number of hydrogen-bond donors (Lipinski definition) is 0. The zero-order valence-electron chi connectivity index (χ0n) is 20.2. The molecule has 32 heavy (non-hydrogen) atoms. The third-order valence-electron chi connectivity index (χ3n) is 6.43. The molecule has 6 heteroatoms. The third kappa shape index (κ3) is 6.53. The van der Waals surface area contributed by atoms with Gasteiger partial charge in [0, 0.05) is 31.8 Å². The van der Waals surface area contributed by atoms with Gasteiger partial charge in [-0.3, -0.25) is 4.90 Å². The average molecular weight is 443 g/mol. The number of rotatable bonds is 11. The Balaban J connectivity index is 1.78. The summed E-state index contributed by atoms with van der Waals surface area (Å²) in [7, 11) is 8.99. The van der Waals surface area contributed by atoms with Crippen molar-refractivity contribution in [3.8, 4) is 23.0 Å². The monoisotopic (exact) mass is 442 g/mol. The molecule has 3 rings (SSSR count). The maximum Gasteiger partial charge on any atom is 0.130 e. The fourth-order valence-electron chi connectivity index (χ4n) is 4.38. The summed E-state index contributed by atoms with van der Waals surface area (Å²) in [5.41, 5.74) is 2.38. The molecule has 0 saturated carbocycles. The lowest BCUT2D eigenvalue weighted by Crippen LogP contribution is -2.37. The Hall–Kier alpha value is -2.44. The van der Waals surface area contributed by atoms with Crippen molar-refractivity contribution in [1.82, 2.24) is 9.80 Å². The topological polar surface area (TPSA) is 43.4 Å². The normalized spacial score (nSPS) is 15.1. The zero-order chi connectivity index (χ0) is 22.9. The van der Waals surface area contributed by atoms with Crippen molar-refractivity contribution >= 4 is 0 Å². The highest BCUT2D eigenvalue weighted by Gasteiger charge is 2.22. The molecule has 0 aromatic heterocycles. The molecule has 0 aliphatic carbocycles. The van der Waals surface area contributed by atoms with Crippen LogP contribution in [0.1, 0.15) is 24.0 Å². The van der Waals surface area contributed by atoms with Crippen molar-refractivity contribution < 1.29 is 18.9 Å². The van der Waals surface area contributed by atoms with Crippen LogP contribution < -0.4 is 18.9 Å². The highest BCUT2D eigenvalue weighted by Crippen LogP contribution is 2.35. The van der Waals surface area contributed by atoms with Crippen molar-refractivity contribution in [2.24, 2.45) is 5.92 Å². The van der Waals surface area contributed by atoms with Gasteiger partial charge in [0.2, 0.25) is 0 Å². The highest BCUT2D eigenvalue weighted by atomic mass is 16.5. The van der Waals surface area contributed by atoms with Gasteiger partial charge < -0.3 is 23.8 Å². The van der Waals surface area contributed by atoms with Crippen LogP contribution in [0.25, 0.3) is 0 Å². The summed E-state index contributed by atoms with van der Waals surface area (Å²) in [6.07, 6.45) is 3.47. The van der Waals surface area contributed by atoms with Crippen LogP contribution in [-0.4, -0.2) is 71.5 Å². The SMILES string of the molecule is COc1ccc(CCN(Cc2c(OC)cc(OC)cc2OC)CC2CCN(C)CC2)cc1. The third-order valence-corrected chi connectivity index (χ3v) is 6.43. The number of hydrogen-bond acceptors (Lipinski definition) is 6. The smallest absolute Gasteiger partial charge is 0.130 e. The lowest BCUT2D eigenvalue weighted by molar-refractivity contribution is 0.155. The average Bonchev–Trinajstić information content (AvgIpc) is 2.84. The Morgan fingerprint density at radius 2 is 1.44 bits per heavy atom. The van der Waals surface area contributed by atoms with Crippen molar-refractivity contribution in [1.29, 1.82) is 0 Å². The molecule has 0 atom stereocenters. The molecule has 0 spiro atoms. The molecule has 1 fully saturated rings. The Morgan fingerprint density at radius 3 is 1.97 bits per heavy atom. The van der Waals surface area contributed by atoms with Crippen LogP contribution >= 0.6 is 0 Å². The molecular formula is C26H38N2O4. The van der Waals surface area contributed by atoms with Crippen LogP contribution in [0, 0.1) is 5.92 Å². The first kappa shape index (κ1) is 24.2. The van der Waals surface area contributed by atoms with Crippen LogP contribution in [0.2, 0.25) is 0 Å². The van der Waals surface area contributed by atoms with E-state index in [4.69, 9.17) is 18.9 Å².